The normalized spacial score (nSPS) is 12.4. The van der Waals surface area contributed by atoms with Gasteiger partial charge in [0.25, 0.3) is 0 Å². The van der Waals surface area contributed by atoms with E-state index in [2.05, 4.69) is 19.1 Å². The number of halogens is 2. The van der Waals surface area contributed by atoms with Gasteiger partial charge in [-0.3, -0.25) is 0 Å². The van der Waals surface area contributed by atoms with E-state index < -0.39 is 0 Å². The van der Waals surface area contributed by atoms with Gasteiger partial charge in [-0.25, -0.2) is 0 Å². The molecule has 2 rings (SSSR count). The van der Waals surface area contributed by atoms with Crippen molar-refractivity contribution in [3.63, 3.8) is 0 Å². The lowest BCUT2D eigenvalue weighted by Gasteiger charge is -2.15. The molecule has 0 heterocycles. The maximum absolute atomic E-state index is 6.30. The van der Waals surface area contributed by atoms with Gasteiger partial charge in [0.1, 0.15) is 0 Å². The molecule has 100 valence electrons. The Labute approximate surface area is 124 Å². The molecule has 0 aliphatic rings. The molecule has 0 fully saturated rings. The maximum atomic E-state index is 6.30. The fourth-order valence-corrected chi connectivity index (χ4v) is 2.69. The fourth-order valence-electron chi connectivity index (χ4n) is 2.16. The van der Waals surface area contributed by atoms with Crippen molar-refractivity contribution in [1.29, 1.82) is 0 Å². The van der Waals surface area contributed by atoms with Crippen molar-refractivity contribution >= 4 is 23.2 Å². The van der Waals surface area contributed by atoms with Crippen LogP contribution >= 0.6 is 23.2 Å². The van der Waals surface area contributed by atoms with E-state index in [9.17, 15) is 0 Å². The molecule has 0 aliphatic heterocycles. The number of rotatable bonds is 4. The van der Waals surface area contributed by atoms with Crippen LogP contribution in [0.1, 0.15) is 36.1 Å². The number of hydrogen-bond donors (Lipinski definition) is 1. The smallest absolute Gasteiger partial charge is 0.0566 e. The second-order valence-electron chi connectivity index (χ2n) is 4.64. The Bertz CT molecular complexity index is 566. The van der Waals surface area contributed by atoms with E-state index >= 15 is 0 Å². The Morgan fingerprint density at radius 2 is 1.89 bits per heavy atom. The lowest BCUT2D eigenvalue weighted by molar-refractivity contribution is 0.859. The first-order valence-corrected chi connectivity index (χ1v) is 7.16. The van der Waals surface area contributed by atoms with Gasteiger partial charge in [-0.15, -0.1) is 0 Å². The van der Waals surface area contributed by atoms with Crippen molar-refractivity contribution in [3.8, 4) is 0 Å². The number of nitrogens with two attached hydrogens (primary N) is 1. The third kappa shape index (κ3) is 3.50. The van der Waals surface area contributed by atoms with Crippen LogP contribution in [0.25, 0.3) is 0 Å². The zero-order chi connectivity index (χ0) is 13.8. The molecule has 1 atom stereocenters. The Morgan fingerprint density at radius 1 is 1.11 bits per heavy atom. The summed E-state index contributed by atoms with van der Waals surface area (Å²) in [6, 6.07) is 13.6. The van der Waals surface area contributed by atoms with Crippen molar-refractivity contribution in [1.82, 2.24) is 0 Å². The molecule has 1 unspecified atom stereocenters. The molecular weight excluding hydrogens is 277 g/mol. The maximum Gasteiger partial charge on any atom is 0.0566 e. The fraction of sp³-hybridized carbons (Fsp3) is 0.250. The Balaban J connectivity index is 2.32. The Hall–Kier alpha value is -1.02. The molecule has 2 aromatic rings. The molecule has 0 saturated carbocycles. The van der Waals surface area contributed by atoms with Gasteiger partial charge in [0.05, 0.1) is 6.04 Å². The van der Waals surface area contributed by atoms with Gasteiger partial charge in [0, 0.05) is 10.0 Å². The van der Waals surface area contributed by atoms with Crippen LogP contribution in [0.2, 0.25) is 10.0 Å². The molecule has 0 amide bonds. The highest BCUT2D eigenvalue weighted by atomic mass is 35.5. The summed E-state index contributed by atoms with van der Waals surface area (Å²) < 4.78 is 0. The molecule has 0 saturated heterocycles. The Morgan fingerprint density at radius 3 is 2.58 bits per heavy atom. The molecular formula is C16H17Cl2N. The predicted octanol–water partition coefficient (Wildman–Crippen LogP) is 4.99. The van der Waals surface area contributed by atoms with Gasteiger partial charge >= 0.3 is 0 Å². The molecule has 0 aromatic heterocycles. The minimum absolute atomic E-state index is 0.221. The first kappa shape index (κ1) is 14.4. The van der Waals surface area contributed by atoms with E-state index in [-0.39, 0.29) is 6.04 Å². The third-order valence-electron chi connectivity index (χ3n) is 3.15. The summed E-state index contributed by atoms with van der Waals surface area (Å²) in [6.45, 7) is 2.17. The van der Waals surface area contributed by atoms with Crippen LogP contribution in [0.15, 0.2) is 42.5 Å². The summed E-state index contributed by atoms with van der Waals surface area (Å²) >= 11 is 12.1. The SMILES string of the molecule is CCCc1cccc(C(N)c2ccc(Cl)cc2Cl)c1. The lowest BCUT2D eigenvalue weighted by Crippen LogP contribution is -2.12. The van der Waals surface area contributed by atoms with Crippen LogP contribution in [0.5, 0.6) is 0 Å². The van der Waals surface area contributed by atoms with Crippen molar-refractivity contribution < 1.29 is 0 Å². The minimum atomic E-state index is -0.221. The van der Waals surface area contributed by atoms with E-state index in [1.807, 2.05) is 24.3 Å². The van der Waals surface area contributed by atoms with Gasteiger partial charge in [-0.2, -0.15) is 0 Å². The first-order valence-electron chi connectivity index (χ1n) is 6.41. The zero-order valence-electron chi connectivity index (χ0n) is 10.9. The van der Waals surface area contributed by atoms with Gasteiger partial charge in [0.15, 0.2) is 0 Å². The van der Waals surface area contributed by atoms with E-state index in [0.29, 0.717) is 10.0 Å². The van der Waals surface area contributed by atoms with Crippen molar-refractivity contribution in [2.45, 2.75) is 25.8 Å². The second kappa shape index (κ2) is 6.42. The van der Waals surface area contributed by atoms with Crippen LogP contribution in [0.3, 0.4) is 0 Å². The molecule has 1 nitrogen and oxygen atoms in total. The number of aryl methyl sites for hydroxylation is 1. The topological polar surface area (TPSA) is 26.0 Å². The minimum Gasteiger partial charge on any atom is -0.320 e. The monoisotopic (exact) mass is 293 g/mol. The van der Waals surface area contributed by atoms with Crippen molar-refractivity contribution in [2.24, 2.45) is 5.73 Å². The van der Waals surface area contributed by atoms with E-state index in [1.54, 1.807) is 6.07 Å². The Kier molecular flexibility index (Phi) is 4.87. The molecule has 0 spiro atoms. The third-order valence-corrected chi connectivity index (χ3v) is 3.71. The standard InChI is InChI=1S/C16H17Cl2N/c1-2-4-11-5-3-6-12(9-11)16(19)14-8-7-13(17)10-15(14)18/h3,5-10,16H,2,4,19H2,1H3. The summed E-state index contributed by atoms with van der Waals surface area (Å²) in [5.41, 5.74) is 9.59. The number of benzene rings is 2. The van der Waals surface area contributed by atoms with Crippen LogP contribution in [0.4, 0.5) is 0 Å². The van der Waals surface area contributed by atoms with Gasteiger partial charge < -0.3 is 5.73 Å². The molecule has 0 radical (unpaired) electrons. The highest BCUT2D eigenvalue weighted by molar-refractivity contribution is 6.35. The molecule has 2 N–H and O–H groups in total. The zero-order valence-corrected chi connectivity index (χ0v) is 12.4. The summed E-state index contributed by atoms with van der Waals surface area (Å²) in [7, 11) is 0. The van der Waals surface area contributed by atoms with Crippen molar-refractivity contribution in [2.75, 3.05) is 0 Å². The summed E-state index contributed by atoms with van der Waals surface area (Å²) in [5.74, 6) is 0. The number of hydrogen-bond acceptors (Lipinski definition) is 1. The van der Waals surface area contributed by atoms with Crippen LogP contribution in [-0.4, -0.2) is 0 Å². The van der Waals surface area contributed by atoms with Crippen molar-refractivity contribution in [3.05, 3.63) is 69.2 Å². The molecule has 0 bridgehead atoms. The summed E-state index contributed by atoms with van der Waals surface area (Å²) in [4.78, 5) is 0. The van der Waals surface area contributed by atoms with E-state index in [4.69, 9.17) is 28.9 Å². The average Bonchev–Trinajstić information content (AvgIpc) is 2.39. The molecule has 0 aliphatic carbocycles. The van der Waals surface area contributed by atoms with Gasteiger partial charge in [-0.05, 0) is 35.2 Å². The van der Waals surface area contributed by atoms with Gasteiger partial charge in [-0.1, -0.05) is 66.9 Å². The van der Waals surface area contributed by atoms with E-state index in [1.165, 1.54) is 5.56 Å². The summed E-state index contributed by atoms with van der Waals surface area (Å²) in [6.07, 6.45) is 2.19. The highest BCUT2D eigenvalue weighted by Crippen LogP contribution is 2.29. The largest absolute Gasteiger partial charge is 0.320 e. The molecule has 2 aromatic carbocycles. The molecule has 3 heteroatoms. The van der Waals surface area contributed by atoms with Crippen LogP contribution in [0, 0.1) is 0 Å². The first-order chi connectivity index (χ1) is 9.11. The molecule has 19 heavy (non-hydrogen) atoms. The van der Waals surface area contributed by atoms with Crippen LogP contribution < -0.4 is 5.73 Å². The lowest BCUT2D eigenvalue weighted by atomic mass is 9.97. The van der Waals surface area contributed by atoms with Gasteiger partial charge in [0.2, 0.25) is 0 Å². The second-order valence-corrected chi connectivity index (χ2v) is 5.48. The van der Waals surface area contributed by atoms with Crippen LogP contribution in [-0.2, 0) is 6.42 Å². The average molecular weight is 294 g/mol. The quantitative estimate of drug-likeness (QED) is 0.844. The van der Waals surface area contributed by atoms with E-state index in [0.717, 1.165) is 24.0 Å². The predicted molar refractivity (Wildman–Crippen MR) is 82.9 cm³/mol. The summed E-state index contributed by atoms with van der Waals surface area (Å²) in [5, 5.41) is 1.24. The highest BCUT2D eigenvalue weighted by Gasteiger charge is 2.13.